The van der Waals surface area contributed by atoms with Crippen LogP contribution in [0, 0.1) is 0 Å². The van der Waals surface area contributed by atoms with Crippen LogP contribution in [-0.2, 0) is 11.3 Å². The second kappa shape index (κ2) is 6.03. The van der Waals surface area contributed by atoms with Gasteiger partial charge in [0.15, 0.2) is 0 Å². The molecule has 0 spiro atoms. The van der Waals surface area contributed by atoms with Crippen LogP contribution in [0.25, 0.3) is 10.9 Å². The molecule has 3 aromatic rings. The number of hydrogen-bond acceptors (Lipinski definition) is 4. The molecule has 2 aromatic carbocycles. The van der Waals surface area contributed by atoms with Crippen LogP contribution < -0.4 is 0 Å². The van der Waals surface area contributed by atoms with Gasteiger partial charge in [-0.05, 0) is 24.3 Å². The van der Waals surface area contributed by atoms with Gasteiger partial charge in [0.25, 0.3) is 0 Å². The Balaban J connectivity index is 1.80. The molecule has 0 aliphatic heterocycles. The molecule has 0 atom stereocenters. The molecule has 1 aromatic heterocycles. The number of halogens is 1. The maximum Gasteiger partial charge on any atom is 0.342 e. The van der Waals surface area contributed by atoms with Gasteiger partial charge in [-0.3, -0.25) is 0 Å². The lowest BCUT2D eigenvalue weighted by atomic mass is 10.1. The number of aromatic nitrogens is 1. The number of hydrogen-bond donors (Lipinski definition) is 1. The van der Waals surface area contributed by atoms with Crippen LogP contribution in [0.3, 0.4) is 0 Å². The van der Waals surface area contributed by atoms with Crippen LogP contribution in [0.4, 0.5) is 0 Å². The van der Waals surface area contributed by atoms with Gasteiger partial charge in [-0.1, -0.05) is 41.9 Å². The van der Waals surface area contributed by atoms with Gasteiger partial charge in [0.1, 0.15) is 23.1 Å². The Bertz CT molecular complexity index is 848. The molecule has 0 saturated heterocycles. The second-order valence-electron chi connectivity index (χ2n) is 4.72. The summed E-state index contributed by atoms with van der Waals surface area (Å²) in [4.78, 5) is 16.2. The number of phenols is 1. The number of rotatable bonds is 3. The van der Waals surface area contributed by atoms with Crippen molar-refractivity contribution in [2.75, 3.05) is 0 Å². The smallest absolute Gasteiger partial charge is 0.342 e. The highest BCUT2D eigenvalue weighted by atomic mass is 35.5. The van der Waals surface area contributed by atoms with Crippen LogP contribution >= 0.6 is 11.6 Å². The number of benzene rings is 2. The van der Waals surface area contributed by atoms with Crippen LogP contribution in [0.2, 0.25) is 5.15 Å². The van der Waals surface area contributed by atoms with Crippen molar-refractivity contribution in [3.05, 3.63) is 70.9 Å². The maximum absolute atomic E-state index is 12.0. The van der Waals surface area contributed by atoms with E-state index < -0.39 is 5.97 Å². The summed E-state index contributed by atoms with van der Waals surface area (Å²) in [5.41, 5.74) is 1.51. The number of carbonyl (C=O) groups is 1. The molecule has 0 amide bonds. The van der Waals surface area contributed by atoms with E-state index in [2.05, 4.69) is 4.98 Å². The third kappa shape index (κ3) is 2.87. The first-order valence-electron chi connectivity index (χ1n) is 6.64. The highest BCUT2D eigenvalue weighted by Gasteiger charge is 2.13. The molecule has 0 radical (unpaired) electrons. The molecule has 4 nitrogen and oxygen atoms in total. The lowest BCUT2D eigenvalue weighted by Gasteiger charge is -2.08. The molecule has 110 valence electrons. The van der Waals surface area contributed by atoms with Crippen molar-refractivity contribution in [2.45, 2.75) is 6.61 Å². The molecule has 1 heterocycles. The van der Waals surface area contributed by atoms with Crippen molar-refractivity contribution in [2.24, 2.45) is 0 Å². The quantitative estimate of drug-likeness (QED) is 0.587. The van der Waals surface area contributed by atoms with E-state index in [1.807, 2.05) is 30.3 Å². The van der Waals surface area contributed by atoms with Crippen molar-refractivity contribution < 1.29 is 14.6 Å². The highest BCUT2D eigenvalue weighted by molar-refractivity contribution is 6.30. The van der Waals surface area contributed by atoms with Crippen LogP contribution in [0.5, 0.6) is 5.75 Å². The van der Waals surface area contributed by atoms with Crippen molar-refractivity contribution in [3.8, 4) is 5.75 Å². The van der Waals surface area contributed by atoms with Gasteiger partial charge < -0.3 is 9.84 Å². The summed E-state index contributed by atoms with van der Waals surface area (Å²) in [7, 11) is 0. The third-order valence-corrected chi connectivity index (χ3v) is 3.56. The number of para-hydroxylation sites is 2. The minimum absolute atomic E-state index is 0.0101. The summed E-state index contributed by atoms with van der Waals surface area (Å²) < 4.78 is 5.20. The molecule has 22 heavy (non-hydrogen) atoms. The summed E-state index contributed by atoms with van der Waals surface area (Å²) in [6.45, 7) is -0.0101. The lowest BCUT2D eigenvalue weighted by Crippen LogP contribution is -2.06. The Morgan fingerprint density at radius 1 is 1.14 bits per heavy atom. The van der Waals surface area contributed by atoms with Gasteiger partial charge in [-0.2, -0.15) is 0 Å². The van der Waals surface area contributed by atoms with Crippen molar-refractivity contribution in [1.82, 2.24) is 4.98 Å². The Labute approximate surface area is 131 Å². The molecule has 0 fully saturated rings. The zero-order valence-corrected chi connectivity index (χ0v) is 12.2. The largest absolute Gasteiger partial charge is 0.507 e. The first-order valence-corrected chi connectivity index (χ1v) is 7.02. The summed E-state index contributed by atoms with van der Waals surface area (Å²) in [5.74, 6) is -0.724. The first kappa shape index (κ1) is 14.4. The van der Waals surface area contributed by atoms with Gasteiger partial charge in [-0.15, -0.1) is 0 Å². The fourth-order valence-electron chi connectivity index (χ4n) is 2.10. The number of esters is 1. The summed E-state index contributed by atoms with van der Waals surface area (Å²) >= 11 is 6.11. The van der Waals surface area contributed by atoms with Crippen LogP contribution in [-0.4, -0.2) is 16.1 Å². The minimum atomic E-state index is -0.609. The number of ether oxygens (including phenoxy) is 1. The van der Waals surface area contributed by atoms with E-state index in [-0.39, 0.29) is 17.9 Å². The molecular formula is C17H12ClNO3. The number of carbonyl (C=O) groups excluding carboxylic acids is 1. The van der Waals surface area contributed by atoms with Gasteiger partial charge in [-0.25, -0.2) is 9.78 Å². The van der Waals surface area contributed by atoms with Gasteiger partial charge in [0, 0.05) is 10.9 Å². The molecule has 0 aliphatic carbocycles. The predicted molar refractivity (Wildman–Crippen MR) is 84.0 cm³/mol. The standard InChI is InChI=1S/C17H12ClNO3/c18-16-12(9-11-5-1-3-7-14(11)19-16)10-22-17(21)13-6-2-4-8-15(13)20/h1-9,20H,10H2. The minimum Gasteiger partial charge on any atom is -0.507 e. The fourth-order valence-corrected chi connectivity index (χ4v) is 2.30. The Hall–Kier alpha value is -2.59. The average molecular weight is 314 g/mol. The number of aromatic hydroxyl groups is 1. The van der Waals surface area contributed by atoms with E-state index in [1.54, 1.807) is 12.1 Å². The maximum atomic E-state index is 12.0. The molecule has 3 rings (SSSR count). The van der Waals surface area contributed by atoms with Crippen LogP contribution in [0.1, 0.15) is 15.9 Å². The molecular weight excluding hydrogens is 302 g/mol. The molecule has 5 heteroatoms. The predicted octanol–water partition coefficient (Wildman–Crippen LogP) is 3.95. The number of phenolic OH excluding ortho intramolecular Hbond substituents is 1. The number of nitrogens with zero attached hydrogens (tertiary/aromatic N) is 1. The van der Waals surface area contributed by atoms with Crippen LogP contribution in [0.15, 0.2) is 54.6 Å². The zero-order valence-electron chi connectivity index (χ0n) is 11.5. The van der Waals surface area contributed by atoms with Gasteiger partial charge >= 0.3 is 5.97 Å². The molecule has 1 N–H and O–H groups in total. The summed E-state index contributed by atoms with van der Waals surface area (Å²) in [6.07, 6.45) is 0. The zero-order chi connectivity index (χ0) is 15.5. The molecule has 0 saturated carbocycles. The van der Waals surface area contributed by atoms with Crippen molar-refractivity contribution in [3.63, 3.8) is 0 Å². The second-order valence-corrected chi connectivity index (χ2v) is 5.08. The Kier molecular flexibility index (Phi) is 3.94. The SMILES string of the molecule is O=C(OCc1cc2ccccc2nc1Cl)c1ccccc1O. The Morgan fingerprint density at radius 2 is 1.86 bits per heavy atom. The van der Waals surface area contributed by atoms with Crippen molar-refractivity contribution >= 4 is 28.5 Å². The number of pyridine rings is 1. The molecule has 0 bridgehead atoms. The van der Waals surface area contributed by atoms with E-state index >= 15 is 0 Å². The summed E-state index contributed by atoms with van der Waals surface area (Å²) in [5, 5.41) is 10.8. The van der Waals surface area contributed by atoms with Gasteiger partial charge in [0.2, 0.25) is 0 Å². The normalized spacial score (nSPS) is 10.6. The van der Waals surface area contributed by atoms with E-state index in [0.29, 0.717) is 10.7 Å². The van der Waals surface area contributed by atoms with E-state index in [1.165, 1.54) is 12.1 Å². The lowest BCUT2D eigenvalue weighted by molar-refractivity contribution is 0.0469. The Morgan fingerprint density at radius 3 is 2.68 bits per heavy atom. The molecule has 0 aliphatic rings. The average Bonchev–Trinajstić information content (AvgIpc) is 2.53. The topological polar surface area (TPSA) is 59.4 Å². The van der Waals surface area contributed by atoms with E-state index in [4.69, 9.17) is 16.3 Å². The monoisotopic (exact) mass is 313 g/mol. The van der Waals surface area contributed by atoms with E-state index in [0.717, 1.165) is 10.9 Å². The number of fused-ring (bicyclic) bond motifs is 1. The summed E-state index contributed by atoms with van der Waals surface area (Å²) in [6, 6.07) is 15.6. The fraction of sp³-hybridized carbons (Fsp3) is 0.0588. The van der Waals surface area contributed by atoms with E-state index in [9.17, 15) is 9.90 Å². The highest BCUT2D eigenvalue weighted by Crippen LogP contribution is 2.22. The van der Waals surface area contributed by atoms with Gasteiger partial charge in [0.05, 0.1) is 5.52 Å². The molecule has 0 unspecified atom stereocenters. The first-order chi connectivity index (χ1) is 10.6. The third-order valence-electron chi connectivity index (χ3n) is 3.23. The van der Waals surface area contributed by atoms with Crippen molar-refractivity contribution in [1.29, 1.82) is 0 Å².